The molecule has 0 spiro atoms. The molecule has 1 aromatic carbocycles. The van der Waals surface area contributed by atoms with E-state index in [0.29, 0.717) is 19.5 Å². The molecule has 130 valence electrons. The number of hydrogen-bond acceptors (Lipinski definition) is 4. The molecule has 0 bridgehead atoms. The maximum absolute atomic E-state index is 11.5. The predicted molar refractivity (Wildman–Crippen MR) is 96.2 cm³/mol. The maximum Gasteiger partial charge on any atom is 0.224 e. The van der Waals surface area contributed by atoms with Gasteiger partial charge >= 0.3 is 0 Å². The molecular weight excluding hydrogens is 304 g/mol. The molecule has 1 heterocycles. The summed E-state index contributed by atoms with van der Waals surface area (Å²) in [6, 6.07) is 5.85. The Hall–Kier alpha value is -2.34. The Morgan fingerprint density at radius 3 is 2.71 bits per heavy atom. The molecule has 0 unspecified atom stereocenters. The van der Waals surface area contributed by atoms with Crippen molar-refractivity contribution in [2.75, 3.05) is 17.2 Å². The van der Waals surface area contributed by atoms with E-state index in [1.807, 2.05) is 50.6 Å². The molecule has 0 atom stereocenters. The molecule has 1 aromatic heterocycles. The molecule has 0 saturated carbocycles. The van der Waals surface area contributed by atoms with Crippen LogP contribution in [0.3, 0.4) is 0 Å². The fourth-order valence-electron chi connectivity index (χ4n) is 2.63. The molecule has 0 aliphatic carbocycles. The number of aromatic nitrogens is 2. The Labute approximate surface area is 142 Å². The van der Waals surface area contributed by atoms with Gasteiger partial charge in [-0.1, -0.05) is 13.0 Å². The van der Waals surface area contributed by atoms with Crippen LogP contribution >= 0.6 is 0 Å². The van der Waals surface area contributed by atoms with Crippen molar-refractivity contribution in [2.45, 2.75) is 47.2 Å². The minimum atomic E-state index is 0.00164. The highest BCUT2D eigenvalue weighted by molar-refractivity contribution is 5.91. The van der Waals surface area contributed by atoms with Gasteiger partial charge in [-0.15, -0.1) is 0 Å². The van der Waals surface area contributed by atoms with E-state index >= 15 is 0 Å². The molecule has 3 N–H and O–H groups in total. The Morgan fingerprint density at radius 1 is 1.29 bits per heavy atom. The number of aryl methyl sites for hydroxylation is 2. The molecule has 0 aliphatic heterocycles. The van der Waals surface area contributed by atoms with E-state index in [1.54, 1.807) is 0 Å². The average molecular weight is 330 g/mol. The summed E-state index contributed by atoms with van der Waals surface area (Å²) in [5.74, 6) is 0.00164. The summed E-state index contributed by atoms with van der Waals surface area (Å²) < 4.78 is 1.83. The first-order chi connectivity index (χ1) is 11.5. The summed E-state index contributed by atoms with van der Waals surface area (Å²) in [7, 11) is 0. The Kier molecular flexibility index (Phi) is 5.98. The lowest BCUT2D eigenvalue weighted by molar-refractivity contribution is -0.115. The fourth-order valence-corrected chi connectivity index (χ4v) is 2.63. The standard InChI is InChI=1S/C18H26N4O2/c1-5-18(24)20-15-7-6-12(2)17(10-15)19-11-16-13(3)21-22(8-9-23)14(16)4/h6-7,10,19,23H,5,8-9,11H2,1-4H3,(H,20,24). The van der Waals surface area contributed by atoms with Crippen molar-refractivity contribution in [1.29, 1.82) is 0 Å². The van der Waals surface area contributed by atoms with Crippen LogP contribution in [-0.4, -0.2) is 27.4 Å². The topological polar surface area (TPSA) is 79.2 Å². The van der Waals surface area contributed by atoms with Crippen molar-refractivity contribution >= 4 is 17.3 Å². The predicted octanol–water partition coefficient (Wildman–Crippen LogP) is 2.76. The van der Waals surface area contributed by atoms with Gasteiger partial charge in [-0.05, 0) is 38.5 Å². The highest BCUT2D eigenvalue weighted by Crippen LogP contribution is 2.22. The Bertz CT molecular complexity index is 722. The lowest BCUT2D eigenvalue weighted by atomic mass is 10.1. The van der Waals surface area contributed by atoms with Gasteiger partial charge < -0.3 is 15.7 Å². The smallest absolute Gasteiger partial charge is 0.224 e. The molecule has 1 amide bonds. The molecule has 0 saturated heterocycles. The molecule has 6 nitrogen and oxygen atoms in total. The van der Waals surface area contributed by atoms with Gasteiger partial charge in [-0.2, -0.15) is 5.10 Å². The lowest BCUT2D eigenvalue weighted by Crippen LogP contribution is -2.10. The van der Waals surface area contributed by atoms with Gasteiger partial charge in [0.2, 0.25) is 5.91 Å². The number of nitrogens with zero attached hydrogens (tertiary/aromatic N) is 2. The van der Waals surface area contributed by atoms with E-state index in [9.17, 15) is 4.79 Å². The van der Waals surface area contributed by atoms with Crippen LogP contribution in [0.25, 0.3) is 0 Å². The van der Waals surface area contributed by atoms with Crippen molar-refractivity contribution < 1.29 is 9.90 Å². The first kappa shape index (κ1) is 18.0. The van der Waals surface area contributed by atoms with Crippen molar-refractivity contribution in [1.82, 2.24) is 9.78 Å². The molecule has 0 aliphatic rings. The first-order valence-electron chi connectivity index (χ1n) is 8.24. The van der Waals surface area contributed by atoms with Crippen LogP contribution in [0.4, 0.5) is 11.4 Å². The minimum absolute atomic E-state index is 0.00164. The summed E-state index contributed by atoms with van der Waals surface area (Å²) in [6.45, 7) is 9.08. The second-order valence-electron chi connectivity index (χ2n) is 5.88. The van der Waals surface area contributed by atoms with Gasteiger partial charge in [0.05, 0.1) is 18.8 Å². The van der Waals surface area contributed by atoms with Crippen molar-refractivity contribution in [3.63, 3.8) is 0 Å². The number of amides is 1. The molecule has 0 fully saturated rings. The van der Waals surface area contributed by atoms with Gasteiger partial charge in [0.15, 0.2) is 0 Å². The van der Waals surface area contributed by atoms with Crippen LogP contribution in [0.5, 0.6) is 0 Å². The largest absolute Gasteiger partial charge is 0.394 e. The van der Waals surface area contributed by atoms with Crippen molar-refractivity contribution in [3.8, 4) is 0 Å². The van der Waals surface area contributed by atoms with Crippen LogP contribution in [0.2, 0.25) is 0 Å². The van der Waals surface area contributed by atoms with E-state index in [2.05, 4.69) is 15.7 Å². The number of aliphatic hydroxyl groups is 1. The molecule has 2 rings (SSSR count). The quantitative estimate of drug-likeness (QED) is 0.729. The number of carbonyl (C=O) groups excluding carboxylic acids is 1. The minimum Gasteiger partial charge on any atom is -0.394 e. The third-order valence-corrected chi connectivity index (χ3v) is 4.14. The highest BCUT2D eigenvalue weighted by Gasteiger charge is 2.11. The van der Waals surface area contributed by atoms with E-state index < -0.39 is 0 Å². The molecule has 6 heteroatoms. The van der Waals surface area contributed by atoms with E-state index in [-0.39, 0.29) is 12.5 Å². The zero-order valence-corrected chi connectivity index (χ0v) is 14.8. The molecule has 2 aromatic rings. The van der Waals surface area contributed by atoms with Gasteiger partial charge in [-0.3, -0.25) is 9.48 Å². The first-order valence-corrected chi connectivity index (χ1v) is 8.24. The summed E-state index contributed by atoms with van der Waals surface area (Å²) in [5, 5.41) is 19.9. The number of aliphatic hydroxyl groups excluding tert-OH is 1. The normalized spacial score (nSPS) is 10.7. The highest BCUT2D eigenvalue weighted by atomic mass is 16.3. The SMILES string of the molecule is CCC(=O)Nc1ccc(C)c(NCc2c(C)nn(CCO)c2C)c1. The summed E-state index contributed by atoms with van der Waals surface area (Å²) in [6.07, 6.45) is 0.457. The summed E-state index contributed by atoms with van der Waals surface area (Å²) >= 11 is 0. The monoisotopic (exact) mass is 330 g/mol. The van der Waals surface area contributed by atoms with Crippen molar-refractivity contribution in [2.24, 2.45) is 0 Å². The van der Waals surface area contributed by atoms with E-state index in [4.69, 9.17) is 5.11 Å². The summed E-state index contributed by atoms with van der Waals surface area (Å²) in [5.41, 5.74) is 6.04. The van der Waals surface area contributed by atoms with E-state index in [1.165, 1.54) is 0 Å². The summed E-state index contributed by atoms with van der Waals surface area (Å²) in [4.78, 5) is 11.5. The molecule has 0 radical (unpaired) electrons. The number of rotatable bonds is 7. The van der Waals surface area contributed by atoms with Crippen LogP contribution in [0.15, 0.2) is 18.2 Å². The van der Waals surface area contributed by atoms with Gasteiger partial charge in [0.1, 0.15) is 0 Å². The van der Waals surface area contributed by atoms with E-state index in [0.717, 1.165) is 33.9 Å². The molecule has 24 heavy (non-hydrogen) atoms. The Balaban J connectivity index is 2.14. The van der Waals surface area contributed by atoms with Gasteiger partial charge in [0.25, 0.3) is 0 Å². The number of benzene rings is 1. The third-order valence-electron chi connectivity index (χ3n) is 4.14. The number of hydrogen-bond donors (Lipinski definition) is 3. The van der Waals surface area contributed by atoms with Crippen molar-refractivity contribution in [3.05, 3.63) is 40.7 Å². The van der Waals surface area contributed by atoms with Gasteiger partial charge in [0, 0.05) is 35.6 Å². The zero-order chi connectivity index (χ0) is 17.7. The fraction of sp³-hybridized carbons (Fsp3) is 0.444. The van der Waals surface area contributed by atoms with Gasteiger partial charge in [-0.25, -0.2) is 0 Å². The van der Waals surface area contributed by atoms with Crippen LogP contribution in [0, 0.1) is 20.8 Å². The third kappa shape index (κ3) is 4.14. The lowest BCUT2D eigenvalue weighted by Gasteiger charge is -2.13. The zero-order valence-electron chi connectivity index (χ0n) is 14.8. The van der Waals surface area contributed by atoms with Crippen LogP contribution in [0.1, 0.15) is 35.9 Å². The second kappa shape index (κ2) is 7.97. The Morgan fingerprint density at radius 2 is 2.04 bits per heavy atom. The number of nitrogens with one attached hydrogen (secondary N) is 2. The molecular formula is C18H26N4O2. The number of anilines is 2. The number of carbonyl (C=O) groups is 1. The average Bonchev–Trinajstić information content (AvgIpc) is 2.82. The maximum atomic E-state index is 11.5. The van der Waals surface area contributed by atoms with Crippen LogP contribution in [-0.2, 0) is 17.9 Å². The second-order valence-corrected chi connectivity index (χ2v) is 5.88. The van der Waals surface area contributed by atoms with Crippen LogP contribution < -0.4 is 10.6 Å².